The third-order valence-electron chi connectivity index (χ3n) is 6.43. The van der Waals surface area contributed by atoms with Crippen LogP contribution < -0.4 is 5.32 Å². The number of hydrogen-bond donors (Lipinski definition) is 1. The molecule has 7 heteroatoms. The van der Waals surface area contributed by atoms with Crippen molar-refractivity contribution < 1.29 is 9.47 Å². The van der Waals surface area contributed by atoms with E-state index in [-0.39, 0.29) is 24.3 Å². The lowest BCUT2D eigenvalue weighted by atomic mass is 10.0. The molecule has 2 aromatic carbocycles. The van der Waals surface area contributed by atoms with Crippen molar-refractivity contribution in [2.75, 3.05) is 13.2 Å². The maximum Gasteiger partial charge on any atom is 0.131 e. The molecule has 6 rings (SSSR count). The summed E-state index contributed by atoms with van der Waals surface area (Å²) in [6.45, 7) is 1.95. The summed E-state index contributed by atoms with van der Waals surface area (Å²) in [4.78, 5) is 4.35. The van der Waals surface area contributed by atoms with Crippen molar-refractivity contribution >= 4 is 0 Å². The predicted molar refractivity (Wildman–Crippen MR) is 124 cm³/mol. The molecule has 0 radical (unpaired) electrons. The van der Waals surface area contributed by atoms with Crippen molar-refractivity contribution in [2.24, 2.45) is 0 Å². The third-order valence-corrected chi connectivity index (χ3v) is 6.43. The first-order chi connectivity index (χ1) is 16.3. The fourth-order valence-electron chi connectivity index (χ4n) is 4.65. The molecular weight excluding hydrogens is 414 g/mol. The number of pyridine rings is 1. The van der Waals surface area contributed by atoms with Crippen LogP contribution in [-0.4, -0.2) is 51.4 Å². The summed E-state index contributed by atoms with van der Waals surface area (Å²) in [6, 6.07) is 25.0. The number of fused-ring (bicyclic) bond motifs is 1. The highest BCUT2D eigenvalue weighted by atomic mass is 16.6. The van der Waals surface area contributed by atoms with Crippen molar-refractivity contribution in [3.8, 4) is 22.5 Å². The van der Waals surface area contributed by atoms with E-state index in [1.165, 1.54) is 16.7 Å². The summed E-state index contributed by atoms with van der Waals surface area (Å²) in [6.07, 6.45) is 3.65. The number of aromatic nitrogens is 4. The minimum atomic E-state index is -0.0405. The highest BCUT2D eigenvalue weighted by molar-refractivity contribution is 5.63. The predicted octanol–water partition coefficient (Wildman–Crippen LogP) is 3.50. The summed E-state index contributed by atoms with van der Waals surface area (Å²) >= 11 is 0. The minimum absolute atomic E-state index is 0.00101. The van der Waals surface area contributed by atoms with Crippen molar-refractivity contribution in [1.82, 2.24) is 25.3 Å². The molecule has 0 aliphatic carbocycles. The number of nitrogens with zero attached hydrogens (tertiary/aromatic N) is 4. The van der Waals surface area contributed by atoms with Crippen LogP contribution in [0.25, 0.3) is 22.5 Å². The Hall–Kier alpha value is -3.39. The Labute approximate surface area is 192 Å². The van der Waals surface area contributed by atoms with Crippen molar-refractivity contribution in [1.29, 1.82) is 0 Å². The van der Waals surface area contributed by atoms with Crippen LogP contribution in [0.15, 0.2) is 85.2 Å². The number of hydrogen-bond acceptors (Lipinski definition) is 6. The van der Waals surface area contributed by atoms with Gasteiger partial charge < -0.3 is 14.8 Å². The number of rotatable bonds is 6. The Bertz CT molecular complexity index is 1200. The Morgan fingerprint density at radius 2 is 1.61 bits per heavy atom. The van der Waals surface area contributed by atoms with Gasteiger partial charge in [0.05, 0.1) is 31.1 Å². The molecule has 4 aromatic rings. The van der Waals surface area contributed by atoms with Crippen LogP contribution in [0.4, 0.5) is 0 Å². The largest absolute Gasteiger partial charge is 0.371 e. The molecule has 7 nitrogen and oxygen atoms in total. The van der Waals surface area contributed by atoms with E-state index in [1.54, 1.807) is 6.20 Å². The van der Waals surface area contributed by atoms with Gasteiger partial charge in [0.1, 0.15) is 23.9 Å². The standard InChI is InChI=1S/C26H25N5O2/c1-2-6-19(7-3-1)20-11-9-18(10-12-20)14-28-23-16-32-26-24(17-33-25(23)26)31-15-22(29-30-31)21-8-4-5-13-27-21/h1-13,15,23-26,28H,14,16-17H2/t23-,24+,25-,26+/m1/s1. The third kappa shape index (κ3) is 4.06. The van der Waals surface area contributed by atoms with Crippen molar-refractivity contribution in [2.45, 2.75) is 30.8 Å². The van der Waals surface area contributed by atoms with Crippen LogP contribution in [0.2, 0.25) is 0 Å². The average Bonchev–Trinajstić information content (AvgIpc) is 3.61. The van der Waals surface area contributed by atoms with E-state index in [4.69, 9.17) is 9.47 Å². The van der Waals surface area contributed by atoms with Crippen molar-refractivity contribution in [3.63, 3.8) is 0 Å². The summed E-state index contributed by atoms with van der Waals surface area (Å²) in [5.41, 5.74) is 5.26. The van der Waals surface area contributed by atoms with Crippen LogP contribution in [0.1, 0.15) is 11.6 Å². The zero-order valence-electron chi connectivity index (χ0n) is 18.1. The van der Waals surface area contributed by atoms with E-state index in [1.807, 2.05) is 35.1 Å². The van der Waals surface area contributed by atoms with E-state index >= 15 is 0 Å². The molecular formula is C26H25N5O2. The molecule has 2 fully saturated rings. The summed E-state index contributed by atoms with van der Waals surface area (Å²) in [5, 5.41) is 12.3. The topological polar surface area (TPSA) is 74.1 Å². The van der Waals surface area contributed by atoms with Crippen LogP contribution in [-0.2, 0) is 16.0 Å². The molecule has 2 aromatic heterocycles. The molecule has 4 atom stereocenters. The Kier molecular flexibility index (Phi) is 5.43. The molecule has 0 bridgehead atoms. The van der Waals surface area contributed by atoms with Crippen LogP contribution >= 0.6 is 0 Å². The number of benzene rings is 2. The maximum absolute atomic E-state index is 6.15. The first-order valence-corrected chi connectivity index (χ1v) is 11.3. The van der Waals surface area contributed by atoms with E-state index in [9.17, 15) is 0 Å². The second kappa shape index (κ2) is 8.86. The van der Waals surface area contributed by atoms with Gasteiger partial charge in [-0.1, -0.05) is 65.9 Å². The second-order valence-electron chi connectivity index (χ2n) is 8.51. The normalized spacial score (nSPS) is 24.1. The first-order valence-electron chi connectivity index (χ1n) is 11.3. The van der Waals surface area contributed by atoms with Crippen LogP contribution in [0.3, 0.4) is 0 Å². The monoisotopic (exact) mass is 439 g/mol. The lowest BCUT2D eigenvalue weighted by Gasteiger charge is -2.18. The van der Waals surface area contributed by atoms with Gasteiger partial charge in [-0.25, -0.2) is 4.68 Å². The molecule has 0 saturated carbocycles. The second-order valence-corrected chi connectivity index (χ2v) is 8.51. The molecule has 1 N–H and O–H groups in total. The van der Waals surface area contributed by atoms with Crippen LogP contribution in [0, 0.1) is 0 Å². The van der Waals surface area contributed by atoms with Gasteiger partial charge in [0, 0.05) is 12.7 Å². The van der Waals surface area contributed by atoms with E-state index < -0.39 is 0 Å². The molecule has 2 aliphatic heterocycles. The molecule has 0 amide bonds. The molecule has 4 heterocycles. The molecule has 0 unspecified atom stereocenters. The van der Waals surface area contributed by atoms with Crippen LogP contribution in [0.5, 0.6) is 0 Å². The Morgan fingerprint density at radius 3 is 2.42 bits per heavy atom. The highest BCUT2D eigenvalue weighted by Crippen LogP contribution is 2.34. The van der Waals surface area contributed by atoms with E-state index in [0.29, 0.717) is 13.2 Å². The fourth-order valence-corrected chi connectivity index (χ4v) is 4.65. The van der Waals surface area contributed by atoms with Gasteiger partial charge in [0.15, 0.2) is 0 Å². The van der Waals surface area contributed by atoms with Gasteiger partial charge >= 0.3 is 0 Å². The summed E-state index contributed by atoms with van der Waals surface area (Å²) < 4.78 is 14.2. The first kappa shape index (κ1) is 20.2. The fraction of sp³-hybridized carbons (Fsp3) is 0.269. The Morgan fingerprint density at radius 1 is 0.818 bits per heavy atom. The lowest BCUT2D eigenvalue weighted by Crippen LogP contribution is -2.40. The van der Waals surface area contributed by atoms with Gasteiger partial charge in [-0.15, -0.1) is 5.10 Å². The van der Waals surface area contributed by atoms with Gasteiger partial charge in [-0.2, -0.15) is 0 Å². The quantitative estimate of drug-likeness (QED) is 0.496. The zero-order valence-corrected chi connectivity index (χ0v) is 18.1. The number of nitrogens with one attached hydrogen (secondary N) is 1. The van der Waals surface area contributed by atoms with Gasteiger partial charge in [0.25, 0.3) is 0 Å². The molecule has 2 saturated heterocycles. The van der Waals surface area contributed by atoms with E-state index in [0.717, 1.165) is 17.9 Å². The highest BCUT2D eigenvalue weighted by Gasteiger charge is 2.48. The van der Waals surface area contributed by atoms with Gasteiger partial charge in [-0.05, 0) is 28.8 Å². The minimum Gasteiger partial charge on any atom is -0.371 e. The molecule has 2 aliphatic rings. The summed E-state index contributed by atoms with van der Waals surface area (Å²) in [5.74, 6) is 0. The summed E-state index contributed by atoms with van der Waals surface area (Å²) in [7, 11) is 0. The zero-order chi connectivity index (χ0) is 22.0. The molecule has 166 valence electrons. The van der Waals surface area contributed by atoms with Gasteiger partial charge in [-0.3, -0.25) is 4.98 Å². The van der Waals surface area contributed by atoms with Crippen molar-refractivity contribution in [3.05, 3.63) is 90.8 Å². The maximum atomic E-state index is 6.15. The lowest BCUT2D eigenvalue weighted by molar-refractivity contribution is 0.0620. The van der Waals surface area contributed by atoms with E-state index in [2.05, 4.69) is 69.1 Å². The SMILES string of the molecule is c1ccc(-c2ccc(CN[C@@H]3CO[C@@H]4[C@@H]3OC[C@@H]4n3cc(-c4ccccn4)nn3)cc2)cc1. The smallest absolute Gasteiger partial charge is 0.131 e. The average molecular weight is 440 g/mol. The number of ether oxygens (including phenoxy) is 2. The Balaban J connectivity index is 1.08. The van der Waals surface area contributed by atoms with Gasteiger partial charge in [0.2, 0.25) is 0 Å². The molecule has 0 spiro atoms. The molecule has 33 heavy (non-hydrogen) atoms.